The molecule has 0 saturated heterocycles. The standard InChI is InChI=1S/C21H22BrNO2/c1-14-11-17-9-10-19(16-7-8-16)23(20(17)12-18(14)22)21(24)25-13-15-5-3-2-4-6-15/h2-6,11-12,16,19H,7-10,13H2,1H3. The van der Waals surface area contributed by atoms with E-state index >= 15 is 0 Å². The van der Waals surface area contributed by atoms with Crippen LogP contribution in [-0.4, -0.2) is 12.1 Å². The Morgan fingerprint density at radius 1 is 1.20 bits per heavy atom. The van der Waals surface area contributed by atoms with Gasteiger partial charge in [-0.15, -0.1) is 0 Å². The van der Waals surface area contributed by atoms with Crippen molar-refractivity contribution < 1.29 is 9.53 Å². The smallest absolute Gasteiger partial charge is 0.414 e. The summed E-state index contributed by atoms with van der Waals surface area (Å²) in [7, 11) is 0. The van der Waals surface area contributed by atoms with Gasteiger partial charge in [-0.1, -0.05) is 52.3 Å². The highest BCUT2D eigenvalue weighted by Crippen LogP contribution is 2.44. The number of halogens is 1. The van der Waals surface area contributed by atoms with Crippen molar-refractivity contribution >= 4 is 27.7 Å². The van der Waals surface area contributed by atoms with Crippen LogP contribution in [-0.2, 0) is 17.8 Å². The molecule has 1 fully saturated rings. The highest BCUT2D eigenvalue weighted by atomic mass is 79.9. The predicted octanol–water partition coefficient (Wildman–Crippen LogP) is 5.63. The summed E-state index contributed by atoms with van der Waals surface area (Å²) in [4.78, 5) is 14.9. The van der Waals surface area contributed by atoms with Crippen molar-refractivity contribution in [2.75, 3.05) is 4.90 Å². The molecule has 0 spiro atoms. The van der Waals surface area contributed by atoms with Crippen LogP contribution in [0.4, 0.5) is 10.5 Å². The first-order chi connectivity index (χ1) is 12.1. The second-order valence-electron chi connectivity index (χ2n) is 7.08. The molecule has 2 aromatic rings. The van der Waals surface area contributed by atoms with E-state index in [9.17, 15) is 4.79 Å². The molecular weight excluding hydrogens is 378 g/mol. The average molecular weight is 400 g/mol. The summed E-state index contributed by atoms with van der Waals surface area (Å²) in [6.07, 6.45) is 4.27. The Bertz CT molecular complexity index is 786. The lowest BCUT2D eigenvalue weighted by Crippen LogP contribution is -2.45. The van der Waals surface area contributed by atoms with Crippen molar-refractivity contribution in [3.05, 3.63) is 63.6 Å². The first-order valence-corrected chi connectivity index (χ1v) is 9.71. The molecule has 25 heavy (non-hydrogen) atoms. The second-order valence-corrected chi connectivity index (χ2v) is 7.94. The van der Waals surface area contributed by atoms with Gasteiger partial charge in [0.15, 0.2) is 0 Å². The number of nitrogens with zero attached hydrogens (tertiary/aromatic N) is 1. The Labute approximate surface area is 157 Å². The quantitative estimate of drug-likeness (QED) is 0.669. The summed E-state index contributed by atoms with van der Waals surface area (Å²) >= 11 is 3.62. The Morgan fingerprint density at radius 3 is 2.68 bits per heavy atom. The molecule has 1 saturated carbocycles. The fourth-order valence-electron chi connectivity index (χ4n) is 3.72. The van der Waals surface area contributed by atoms with Crippen LogP contribution in [0.2, 0.25) is 0 Å². The lowest BCUT2D eigenvalue weighted by molar-refractivity contribution is 0.142. The number of rotatable bonds is 3. The minimum atomic E-state index is -0.225. The van der Waals surface area contributed by atoms with Crippen molar-refractivity contribution in [3.8, 4) is 0 Å². The number of anilines is 1. The van der Waals surface area contributed by atoms with E-state index in [0.717, 1.165) is 28.6 Å². The van der Waals surface area contributed by atoms with Crippen molar-refractivity contribution in [2.45, 2.75) is 45.3 Å². The molecule has 1 unspecified atom stereocenters. The van der Waals surface area contributed by atoms with Gasteiger partial charge < -0.3 is 4.74 Å². The fourth-order valence-corrected chi connectivity index (χ4v) is 4.05. The van der Waals surface area contributed by atoms with Gasteiger partial charge in [0.25, 0.3) is 0 Å². The maximum Gasteiger partial charge on any atom is 0.414 e. The first kappa shape index (κ1) is 16.6. The van der Waals surface area contributed by atoms with Gasteiger partial charge in [-0.25, -0.2) is 4.79 Å². The lowest BCUT2D eigenvalue weighted by atomic mass is 9.92. The summed E-state index contributed by atoms with van der Waals surface area (Å²) in [5.41, 5.74) is 4.48. The van der Waals surface area contributed by atoms with Crippen LogP contribution < -0.4 is 4.90 Å². The van der Waals surface area contributed by atoms with Crippen LogP contribution in [0.1, 0.15) is 36.0 Å². The molecule has 1 aliphatic heterocycles. The number of carbonyl (C=O) groups is 1. The summed E-state index contributed by atoms with van der Waals surface area (Å²) in [6, 6.07) is 14.4. The minimum Gasteiger partial charge on any atom is -0.444 e. The highest BCUT2D eigenvalue weighted by molar-refractivity contribution is 9.10. The van der Waals surface area contributed by atoms with E-state index in [-0.39, 0.29) is 12.1 Å². The van der Waals surface area contributed by atoms with E-state index in [1.807, 2.05) is 35.2 Å². The molecule has 4 heteroatoms. The molecule has 0 N–H and O–H groups in total. The molecule has 130 valence electrons. The number of fused-ring (bicyclic) bond motifs is 1. The summed E-state index contributed by atoms with van der Waals surface area (Å²) < 4.78 is 6.72. The third-order valence-electron chi connectivity index (χ3n) is 5.23. The number of hydrogen-bond donors (Lipinski definition) is 0. The Balaban J connectivity index is 1.60. The number of hydrogen-bond acceptors (Lipinski definition) is 2. The molecule has 2 aliphatic rings. The molecule has 2 aromatic carbocycles. The Hall–Kier alpha value is -1.81. The van der Waals surface area contributed by atoms with Crippen molar-refractivity contribution in [1.29, 1.82) is 0 Å². The third kappa shape index (κ3) is 3.45. The number of amides is 1. The number of ether oxygens (including phenoxy) is 1. The molecule has 3 nitrogen and oxygen atoms in total. The van der Waals surface area contributed by atoms with Gasteiger partial charge in [0.1, 0.15) is 6.61 Å². The van der Waals surface area contributed by atoms with Gasteiger partial charge in [-0.05, 0) is 61.3 Å². The molecule has 4 rings (SSSR count). The van der Waals surface area contributed by atoms with Crippen LogP contribution in [0.15, 0.2) is 46.9 Å². The van der Waals surface area contributed by atoms with Gasteiger partial charge in [0.05, 0.1) is 5.69 Å². The Morgan fingerprint density at radius 2 is 1.96 bits per heavy atom. The Kier molecular flexibility index (Phi) is 4.55. The van der Waals surface area contributed by atoms with E-state index in [4.69, 9.17) is 4.74 Å². The molecule has 1 amide bonds. The van der Waals surface area contributed by atoms with Crippen molar-refractivity contribution in [3.63, 3.8) is 0 Å². The van der Waals surface area contributed by atoms with Crippen LogP contribution >= 0.6 is 15.9 Å². The number of benzene rings is 2. The predicted molar refractivity (Wildman–Crippen MR) is 103 cm³/mol. The maximum atomic E-state index is 13.0. The number of aryl methyl sites for hydroxylation is 2. The van der Waals surface area contributed by atoms with Crippen LogP contribution in [0, 0.1) is 12.8 Å². The molecule has 0 bridgehead atoms. The first-order valence-electron chi connectivity index (χ1n) is 8.92. The summed E-state index contributed by atoms with van der Waals surface area (Å²) in [5.74, 6) is 0.623. The van der Waals surface area contributed by atoms with Crippen LogP contribution in [0.25, 0.3) is 0 Å². The monoisotopic (exact) mass is 399 g/mol. The zero-order valence-corrected chi connectivity index (χ0v) is 16.0. The lowest BCUT2D eigenvalue weighted by Gasteiger charge is -2.37. The molecule has 1 aliphatic carbocycles. The van der Waals surface area contributed by atoms with Crippen LogP contribution in [0.5, 0.6) is 0 Å². The molecule has 1 atom stereocenters. The normalized spacial score (nSPS) is 19.4. The zero-order chi connectivity index (χ0) is 17.4. The summed E-state index contributed by atoms with van der Waals surface area (Å²) in [5, 5.41) is 0. The number of carbonyl (C=O) groups excluding carboxylic acids is 1. The van der Waals surface area contributed by atoms with Crippen molar-refractivity contribution in [2.24, 2.45) is 5.92 Å². The largest absolute Gasteiger partial charge is 0.444 e. The highest BCUT2D eigenvalue weighted by Gasteiger charge is 2.41. The van der Waals surface area contributed by atoms with E-state index in [1.54, 1.807) is 0 Å². The molecule has 0 radical (unpaired) electrons. The molecule has 1 heterocycles. The van der Waals surface area contributed by atoms with E-state index in [2.05, 4.69) is 35.0 Å². The van der Waals surface area contributed by atoms with Gasteiger partial charge in [-0.3, -0.25) is 4.90 Å². The zero-order valence-electron chi connectivity index (χ0n) is 14.4. The van der Waals surface area contributed by atoms with Gasteiger partial charge in [-0.2, -0.15) is 0 Å². The van der Waals surface area contributed by atoms with E-state index in [1.165, 1.54) is 24.0 Å². The van der Waals surface area contributed by atoms with E-state index < -0.39 is 0 Å². The van der Waals surface area contributed by atoms with Crippen LogP contribution in [0.3, 0.4) is 0 Å². The fraction of sp³-hybridized carbons (Fsp3) is 0.381. The minimum absolute atomic E-state index is 0.225. The molecular formula is C21H22BrNO2. The van der Waals surface area contributed by atoms with E-state index in [0.29, 0.717) is 12.5 Å². The molecule has 0 aromatic heterocycles. The van der Waals surface area contributed by atoms with Gasteiger partial charge in [0, 0.05) is 10.5 Å². The summed E-state index contributed by atoms with van der Waals surface area (Å²) in [6.45, 7) is 2.41. The topological polar surface area (TPSA) is 29.5 Å². The van der Waals surface area contributed by atoms with Crippen molar-refractivity contribution in [1.82, 2.24) is 0 Å². The average Bonchev–Trinajstić information content (AvgIpc) is 3.46. The second kappa shape index (κ2) is 6.83. The third-order valence-corrected chi connectivity index (χ3v) is 6.08. The SMILES string of the molecule is Cc1cc2c(cc1Br)N(C(=O)OCc1ccccc1)C(C1CC1)CC2. The van der Waals surface area contributed by atoms with Gasteiger partial charge >= 0.3 is 6.09 Å². The van der Waals surface area contributed by atoms with Gasteiger partial charge in [0.2, 0.25) is 0 Å². The maximum absolute atomic E-state index is 13.0.